The predicted molar refractivity (Wildman–Crippen MR) is 11.6 cm³/mol. The van der Waals surface area contributed by atoms with Crippen LogP contribution in [0.4, 0.5) is 0 Å². The second-order valence-corrected chi connectivity index (χ2v) is 1.85. The first-order valence-corrected chi connectivity index (χ1v) is 2.88. The van der Waals surface area contributed by atoms with Crippen LogP contribution in [-0.2, 0) is 21.2 Å². The fraction of sp³-hybridized carbons (Fsp3) is 0. The van der Waals surface area contributed by atoms with E-state index in [0.29, 0.717) is 0 Å². The molecule has 0 spiro atoms. The Morgan fingerprint density at radius 2 is 1.17 bits per heavy atom. The van der Waals surface area contributed by atoms with Crippen molar-refractivity contribution in [3.05, 3.63) is 0 Å². The van der Waals surface area contributed by atoms with Gasteiger partial charge in [0.25, 0.3) is 0 Å². The van der Waals surface area contributed by atoms with Gasteiger partial charge in [0.2, 0.25) is 0 Å². The Kier molecular flexibility index (Phi) is 5.73. The van der Waals surface area contributed by atoms with Crippen molar-refractivity contribution in [1.82, 2.24) is 0 Å². The summed E-state index contributed by atoms with van der Waals surface area (Å²) in [5.74, 6) is 0. The van der Waals surface area contributed by atoms with E-state index in [1.807, 2.05) is 0 Å². The van der Waals surface area contributed by atoms with E-state index >= 15 is 0 Å². The fourth-order valence-electron chi connectivity index (χ4n) is 0. The topological polar surface area (TPSA) is 74.6 Å². The zero-order chi connectivity index (χ0) is 4.50. The van der Waals surface area contributed by atoms with E-state index in [2.05, 4.69) is 0 Å². The Bertz CT molecular complexity index is 90.7. The summed E-state index contributed by atoms with van der Waals surface area (Å²) in [6.45, 7) is 0. The van der Waals surface area contributed by atoms with Crippen LogP contribution in [0.25, 0.3) is 0 Å². The Hall–Kier alpha value is 1.31. The van der Waals surface area contributed by atoms with Gasteiger partial charge >= 0.3 is 67.3 Å². The monoisotopic (exact) mass is 158 g/mol. The first-order valence-electron chi connectivity index (χ1n) is 0.698. The Labute approximate surface area is 66.6 Å². The van der Waals surface area contributed by atoms with Crippen molar-refractivity contribution >= 4 is 37.7 Å². The molecule has 0 aliphatic carbocycles. The van der Waals surface area contributed by atoms with Gasteiger partial charge in [-0.25, -0.2) is 0 Å². The Balaban J connectivity index is 0. The Morgan fingerprint density at radius 1 is 1.17 bits per heavy atom. The summed E-state index contributed by atoms with van der Waals surface area (Å²) in [5.41, 5.74) is 0. The summed E-state index contributed by atoms with van der Waals surface area (Å²) < 4.78 is 31.9. The van der Waals surface area contributed by atoms with Gasteiger partial charge in [0.15, 0.2) is 0 Å². The van der Waals surface area contributed by atoms with Gasteiger partial charge in [0, 0.05) is 0 Å². The summed E-state index contributed by atoms with van der Waals surface area (Å²) in [7, 11) is 0. The normalized spacial score (nSPS) is 9.67. The molecule has 0 aromatic carbocycles. The molecule has 0 radical (unpaired) electrons. The third kappa shape index (κ3) is 57.4. The van der Waals surface area contributed by atoms with Crippen LogP contribution in [0.5, 0.6) is 0 Å². The van der Waals surface area contributed by atoms with Crippen LogP contribution in [-0.4, -0.2) is 46.1 Å². The molecule has 0 amide bonds. The number of rotatable bonds is 0. The molecule has 0 aliphatic heterocycles. The van der Waals surface area contributed by atoms with Gasteiger partial charge in [0.1, 0.15) is 0 Å². The molecule has 0 aliphatic rings. The van der Waals surface area contributed by atoms with E-state index < -0.39 is 13.6 Å². The molecule has 0 aromatic heterocycles. The van der Waals surface area contributed by atoms with Crippen molar-refractivity contribution in [2.75, 3.05) is 0 Å². The zero-order valence-electron chi connectivity index (χ0n) is 2.83. The molecule has 0 heterocycles. The molecule has 0 bridgehead atoms. The molecule has 32 valence electrons. The molecule has 0 fully saturated rings. The van der Waals surface area contributed by atoms with Crippen molar-refractivity contribution in [2.24, 2.45) is 0 Å². The van der Waals surface area contributed by atoms with E-state index in [1.165, 1.54) is 0 Å². The quantitative estimate of drug-likeness (QED) is 0.410. The summed E-state index contributed by atoms with van der Waals surface area (Å²) in [6.07, 6.45) is 0. The molecular formula is H2CaCrO4+2. The molecule has 0 atom stereocenters. The summed E-state index contributed by atoms with van der Waals surface area (Å²) in [5, 5.41) is 0. The van der Waals surface area contributed by atoms with Crippen molar-refractivity contribution in [3.63, 3.8) is 0 Å². The maximum absolute atomic E-state index is 8.82. The minimum atomic E-state index is -5.25. The summed E-state index contributed by atoms with van der Waals surface area (Å²) in [4.78, 5) is 0. The summed E-state index contributed by atoms with van der Waals surface area (Å²) >= 11 is -5.25. The van der Waals surface area contributed by atoms with Crippen molar-refractivity contribution in [1.29, 1.82) is 0 Å². The van der Waals surface area contributed by atoms with E-state index in [9.17, 15) is 0 Å². The number of hydrogen-bond acceptors (Lipinski definition) is 2. The maximum atomic E-state index is 8.82. The molecule has 0 aromatic rings. The van der Waals surface area contributed by atoms with Crippen LogP contribution in [0, 0.1) is 0 Å². The van der Waals surface area contributed by atoms with Gasteiger partial charge < -0.3 is 0 Å². The van der Waals surface area contributed by atoms with Crippen LogP contribution < -0.4 is 0 Å². The average molecular weight is 158 g/mol. The predicted octanol–water partition coefficient (Wildman–Crippen LogP) is -1.73. The third-order valence-corrected chi connectivity index (χ3v) is 0. The summed E-state index contributed by atoms with van der Waals surface area (Å²) in [6, 6.07) is 0. The fourth-order valence-corrected chi connectivity index (χ4v) is 0. The molecule has 0 rings (SSSR count). The molecule has 0 unspecified atom stereocenters. The van der Waals surface area contributed by atoms with Crippen molar-refractivity contribution in [2.45, 2.75) is 0 Å². The van der Waals surface area contributed by atoms with Crippen molar-refractivity contribution in [3.8, 4) is 0 Å². The molecular weight excluding hydrogens is 156 g/mol. The van der Waals surface area contributed by atoms with Gasteiger partial charge in [-0.05, 0) is 0 Å². The van der Waals surface area contributed by atoms with E-state index in [1.54, 1.807) is 0 Å². The van der Waals surface area contributed by atoms with Gasteiger partial charge in [0.05, 0.1) is 0 Å². The van der Waals surface area contributed by atoms with Crippen LogP contribution >= 0.6 is 0 Å². The van der Waals surface area contributed by atoms with Crippen molar-refractivity contribution < 1.29 is 29.5 Å². The molecule has 6 heteroatoms. The van der Waals surface area contributed by atoms with Crippen LogP contribution in [0.3, 0.4) is 0 Å². The molecule has 6 heavy (non-hydrogen) atoms. The first kappa shape index (κ1) is 10.3. The number of hydrogen-bond donors (Lipinski definition) is 2. The van der Waals surface area contributed by atoms with Gasteiger partial charge in [-0.2, -0.15) is 0 Å². The molecule has 0 saturated carbocycles. The SMILES string of the molecule is [Ca+2].[O]=[Cr](=[O])([OH])[OH]. The van der Waals surface area contributed by atoms with E-state index in [0.717, 1.165) is 0 Å². The average Bonchev–Trinajstić information content (AvgIpc) is 0.722. The van der Waals surface area contributed by atoms with E-state index in [4.69, 9.17) is 15.9 Å². The van der Waals surface area contributed by atoms with Crippen LogP contribution in [0.1, 0.15) is 0 Å². The van der Waals surface area contributed by atoms with Gasteiger partial charge in [-0.15, -0.1) is 0 Å². The molecule has 4 nitrogen and oxygen atoms in total. The molecule has 0 saturated heterocycles. The Morgan fingerprint density at radius 3 is 1.17 bits per heavy atom. The van der Waals surface area contributed by atoms with Crippen LogP contribution in [0.2, 0.25) is 0 Å². The molecule has 2 N–H and O–H groups in total. The van der Waals surface area contributed by atoms with E-state index in [-0.39, 0.29) is 37.7 Å². The standard InChI is InChI=1S/Ca.Cr.2H2O.2O/h;;2*1H2;;/q2*+2;;;;/p-2. The van der Waals surface area contributed by atoms with Gasteiger partial charge in [-0.3, -0.25) is 0 Å². The van der Waals surface area contributed by atoms with Crippen LogP contribution in [0.15, 0.2) is 0 Å². The zero-order valence-corrected chi connectivity index (χ0v) is 6.31. The van der Waals surface area contributed by atoms with Gasteiger partial charge in [-0.1, -0.05) is 0 Å². The second kappa shape index (κ2) is 3.33. The first-order chi connectivity index (χ1) is 2.00. The minimum absolute atomic E-state index is 0. The second-order valence-electron chi connectivity index (χ2n) is 0.448. The third-order valence-electron chi connectivity index (χ3n) is 0.